The van der Waals surface area contributed by atoms with Gasteiger partial charge in [0.25, 0.3) is 0 Å². The second kappa shape index (κ2) is 3.46. The Labute approximate surface area is 90.3 Å². The zero-order valence-corrected chi connectivity index (χ0v) is 10.3. The molecule has 0 amide bonds. The summed E-state index contributed by atoms with van der Waals surface area (Å²) in [6.45, 7) is 5.83. The molecule has 0 bridgehead atoms. The molecule has 0 saturated heterocycles. The molecule has 1 rings (SSSR count). The van der Waals surface area contributed by atoms with Gasteiger partial charge in [-0.15, -0.1) is 11.3 Å². The molecule has 0 aromatic carbocycles. The maximum absolute atomic E-state index is 11.7. The van der Waals surface area contributed by atoms with Crippen molar-refractivity contribution in [3.63, 3.8) is 0 Å². The summed E-state index contributed by atoms with van der Waals surface area (Å²) in [5.74, 6) is 0.224. The highest BCUT2D eigenvalue weighted by atomic mass is 127. The van der Waals surface area contributed by atoms with Crippen molar-refractivity contribution < 1.29 is 4.79 Å². The van der Waals surface area contributed by atoms with E-state index in [4.69, 9.17) is 0 Å². The number of hydrogen-bond acceptors (Lipinski definition) is 2. The van der Waals surface area contributed by atoms with E-state index in [9.17, 15) is 4.79 Å². The van der Waals surface area contributed by atoms with Crippen LogP contribution in [0.3, 0.4) is 0 Å². The van der Waals surface area contributed by atoms with Crippen LogP contribution in [0.15, 0.2) is 11.4 Å². The molecular weight excluding hydrogens is 283 g/mol. The van der Waals surface area contributed by atoms with Crippen LogP contribution in [0.2, 0.25) is 0 Å². The second-order valence-electron chi connectivity index (χ2n) is 3.72. The predicted molar refractivity (Wildman–Crippen MR) is 60.8 cm³/mol. The van der Waals surface area contributed by atoms with Crippen molar-refractivity contribution in [2.24, 2.45) is 5.41 Å². The average molecular weight is 294 g/mol. The molecule has 0 N–H and O–H groups in total. The number of thiophene rings is 1. The maximum atomic E-state index is 11.7. The summed E-state index contributed by atoms with van der Waals surface area (Å²) in [6, 6.07) is 1.94. The largest absolute Gasteiger partial charge is 0.294 e. The number of halogens is 1. The monoisotopic (exact) mass is 294 g/mol. The Bertz CT molecular complexity index is 296. The molecule has 1 nitrogen and oxygen atoms in total. The number of Topliss-reactive ketones (excluding diaryl/α,β-unsaturated/α-hetero) is 1. The van der Waals surface area contributed by atoms with Gasteiger partial charge in [-0.05, 0) is 28.7 Å². The molecule has 1 aromatic rings. The molecule has 0 aliphatic heterocycles. The smallest absolute Gasteiger partial charge is 0.169 e. The SMILES string of the molecule is CC(C)(C)C(=O)c1csc(I)c1. The third-order valence-corrected chi connectivity index (χ3v) is 3.30. The third-order valence-electron chi connectivity index (χ3n) is 1.51. The lowest BCUT2D eigenvalue weighted by atomic mass is 9.88. The molecule has 1 aromatic heterocycles. The van der Waals surface area contributed by atoms with Gasteiger partial charge in [0, 0.05) is 16.4 Å². The number of carbonyl (C=O) groups excluding carboxylic acids is 1. The van der Waals surface area contributed by atoms with Crippen LogP contribution < -0.4 is 0 Å². The van der Waals surface area contributed by atoms with Crippen molar-refractivity contribution in [1.82, 2.24) is 0 Å². The Kier molecular flexibility index (Phi) is 2.93. The van der Waals surface area contributed by atoms with Gasteiger partial charge in [0.2, 0.25) is 0 Å². The van der Waals surface area contributed by atoms with Gasteiger partial charge in [-0.2, -0.15) is 0 Å². The van der Waals surface area contributed by atoms with Crippen molar-refractivity contribution in [1.29, 1.82) is 0 Å². The van der Waals surface area contributed by atoms with Gasteiger partial charge in [-0.3, -0.25) is 4.79 Å². The van der Waals surface area contributed by atoms with Gasteiger partial charge in [0.05, 0.1) is 2.88 Å². The topological polar surface area (TPSA) is 17.1 Å². The van der Waals surface area contributed by atoms with E-state index in [2.05, 4.69) is 22.6 Å². The number of ketones is 1. The number of carbonyl (C=O) groups is 1. The van der Waals surface area contributed by atoms with Crippen molar-refractivity contribution in [2.45, 2.75) is 20.8 Å². The first kappa shape index (κ1) is 10.2. The van der Waals surface area contributed by atoms with Crippen molar-refractivity contribution in [2.75, 3.05) is 0 Å². The van der Waals surface area contributed by atoms with Gasteiger partial charge in [0.15, 0.2) is 5.78 Å². The highest BCUT2D eigenvalue weighted by Crippen LogP contribution is 2.24. The van der Waals surface area contributed by atoms with Crippen LogP contribution >= 0.6 is 33.9 Å². The van der Waals surface area contributed by atoms with Crippen LogP contribution in [0, 0.1) is 8.30 Å². The van der Waals surface area contributed by atoms with Crippen LogP contribution in [0.25, 0.3) is 0 Å². The summed E-state index contributed by atoms with van der Waals surface area (Å²) in [6.07, 6.45) is 0. The lowest BCUT2D eigenvalue weighted by Gasteiger charge is -2.14. The normalized spacial score (nSPS) is 11.7. The van der Waals surface area contributed by atoms with E-state index < -0.39 is 0 Å². The Morgan fingerprint density at radius 1 is 1.50 bits per heavy atom. The fourth-order valence-electron chi connectivity index (χ4n) is 0.862. The lowest BCUT2D eigenvalue weighted by molar-refractivity contribution is 0.0859. The first-order valence-corrected chi connectivity index (χ1v) is 5.66. The number of rotatable bonds is 1. The third kappa shape index (κ3) is 2.29. The molecule has 0 unspecified atom stereocenters. The zero-order valence-electron chi connectivity index (χ0n) is 7.35. The van der Waals surface area contributed by atoms with Crippen LogP contribution in [-0.2, 0) is 0 Å². The van der Waals surface area contributed by atoms with E-state index >= 15 is 0 Å². The molecule has 0 atom stereocenters. The Morgan fingerprint density at radius 3 is 2.42 bits per heavy atom. The van der Waals surface area contributed by atoms with Crippen molar-refractivity contribution >= 4 is 39.7 Å². The summed E-state index contributed by atoms with van der Waals surface area (Å²) in [5.41, 5.74) is 0.585. The van der Waals surface area contributed by atoms with Gasteiger partial charge in [0.1, 0.15) is 0 Å². The van der Waals surface area contributed by atoms with E-state index in [1.54, 1.807) is 11.3 Å². The summed E-state index contributed by atoms with van der Waals surface area (Å²) in [7, 11) is 0. The summed E-state index contributed by atoms with van der Waals surface area (Å²) >= 11 is 3.84. The van der Waals surface area contributed by atoms with Gasteiger partial charge in [-0.1, -0.05) is 20.8 Å². The highest BCUT2D eigenvalue weighted by Gasteiger charge is 2.23. The van der Waals surface area contributed by atoms with Gasteiger partial charge >= 0.3 is 0 Å². The molecular formula is C9H11IOS. The Balaban J connectivity index is 2.93. The molecule has 0 aliphatic rings. The molecule has 0 fully saturated rings. The minimum atomic E-state index is -0.260. The van der Waals surface area contributed by atoms with Gasteiger partial charge in [-0.25, -0.2) is 0 Å². The molecule has 66 valence electrons. The molecule has 12 heavy (non-hydrogen) atoms. The first-order valence-electron chi connectivity index (χ1n) is 3.70. The molecule has 0 saturated carbocycles. The zero-order chi connectivity index (χ0) is 9.35. The summed E-state index contributed by atoms with van der Waals surface area (Å²) < 4.78 is 1.17. The van der Waals surface area contributed by atoms with Gasteiger partial charge < -0.3 is 0 Å². The maximum Gasteiger partial charge on any atom is 0.169 e. The van der Waals surface area contributed by atoms with Crippen LogP contribution in [0.4, 0.5) is 0 Å². The molecule has 3 heteroatoms. The Hall–Kier alpha value is 0.1000. The van der Waals surface area contributed by atoms with Crippen molar-refractivity contribution in [3.8, 4) is 0 Å². The standard InChI is InChI=1S/C9H11IOS/c1-9(2,3)8(11)6-4-7(10)12-5-6/h4-5H,1-3H3. The summed E-state index contributed by atoms with van der Waals surface area (Å²) in [4.78, 5) is 11.7. The lowest BCUT2D eigenvalue weighted by Crippen LogP contribution is -2.19. The van der Waals surface area contributed by atoms with E-state index in [1.165, 1.54) is 2.88 Å². The average Bonchev–Trinajstić information content (AvgIpc) is 2.32. The minimum absolute atomic E-state index is 0.224. The van der Waals surface area contributed by atoms with E-state index in [1.807, 2.05) is 32.2 Å². The fraction of sp³-hybridized carbons (Fsp3) is 0.444. The predicted octanol–water partition coefficient (Wildman–Crippen LogP) is 3.58. The van der Waals surface area contributed by atoms with Crippen LogP contribution in [0.5, 0.6) is 0 Å². The van der Waals surface area contributed by atoms with Crippen LogP contribution in [-0.4, -0.2) is 5.78 Å². The quantitative estimate of drug-likeness (QED) is 0.571. The van der Waals surface area contributed by atoms with Crippen LogP contribution in [0.1, 0.15) is 31.1 Å². The molecule has 0 spiro atoms. The fourth-order valence-corrected chi connectivity index (χ4v) is 2.19. The van der Waals surface area contributed by atoms with Crippen molar-refractivity contribution in [3.05, 3.63) is 19.9 Å². The molecule has 1 heterocycles. The van der Waals surface area contributed by atoms with E-state index in [-0.39, 0.29) is 11.2 Å². The molecule has 0 radical (unpaired) electrons. The van der Waals surface area contributed by atoms with E-state index in [0.717, 1.165) is 5.56 Å². The second-order valence-corrected chi connectivity index (χ2v) is 6.52. The first-order chi connectivity index (χ1) is 5.41. The highest BCUT2D eigenvalue weighted by molar-refractivity contribution is 14.1. The molecule has 0 aliphatic carbocycles. The number of hydrogen-bond donors (Lipinski definition) is 0. The Morgan fingerprint density at radius 2 is 2.08 bits per heavy atom. The van der Waals surface area contributed by atoms with E-state index in [0.29, 0.717) is 0 Å². The summed E-state index contributed by atoms with van der Waals surface area (Å²) in [5, 5.41) is 1.93. The minimum Gasteiger partial charge on any atom is -0.294 e.